The van der Waals surface area contributed by atoms with Gasteiger partial charge in [-0.25, -0.2) is 4.98 Å². The number of nitrogens with one attached hydrogen (secondary N) is 1. The lowest BCUT2D eigenvalue weighted by Gasteiger charge is -2.21. The Morgan fingerprint density at radius 1 is 1.31 bits per heavy atom. The Balaban J connectivity index is 0.00000240. The molecule has 0 amide bonds. The first-order chi connectivity index (χ1) is 13.7. The molecule has 1 atom stereocenters. The molecule has 0 aliphatic carbocycles. The number of nitrogens with zero attached hydrogens (tertiary/aromatic N) is 6. The third-order valence-electron chi connectivity index (χ3n) is 5.66. The highest BCUT2D eigenvalue weighted by molar-refractivity contribution is 14.0. The topological polar surface area (TPSA) is 61.6 Å². The number of likely N-dealkylation sites (tertiary alicyclic amines) is 1. The van der Waals surface area contributed by atoms with Crippen molar-refractivity contribution in [2.45, 2.75) is 32.1 Å². The normalized spacial score (nSPS) is 19.7. The molecule has 1 N–H and O–H groups in total. The van der Waals surface area contributed by atoms with Gasteiger partial charge in [-0.3, -0.25) is 9.67 Å². The maximum atomic E-state index is 4.82. The molecule has 4 heterocycles. The van der Waals surface area contributed by atoms with Crippen LogP contribution >= 0.6 is 35.3 Å². The van der Waals surface area contributed by atoms with Crippen molar-refractivity contribution < 1.29 is 0 Å². The molecule has 0 bridgehead atoms. The molecule has 2 fully saturated rings. The number of anilines is 1. The van der Waals surface area contributed by atoms with E-state index < -0.39 is 0 Å². The molecule has 2 saturated heterocycles. The van der Waals surface area contributed by atoms with Crippen molar-refractivity contribution in [3.63, 3.8) is 0 Å². The average molecular weight is 529 g/mol. The van der Waals surface area contributed by atoms with Crippen LogP contribution in [0.2, 0.25) is 0 Å². The molecule has 0 aromatic carbocycles. The van der Waals surface area contributed by atoms with Crippen LogP contribution in [0.1, 0.15) is 30.5 Å². The summed E-state index contributed by atoms with van der Waals surface area (Å²) in [6.07, 6.45) is 9.95. The van der Waals surface area contributed by atoms with Gasteiger partial charge in [-0.05, 0) is 37.2 Å². The summed E-state index contributed by atoms with van der Waals surface area (Å²) in [5, 5.41) is 11.2. The number of rotatable bonds is 6. The summed E-state index contributed by atoms with van der Waals surface area (Å²) >= 11 is 1.78. The minimum atomic E-state index is 0. The van der Waals surface area contributed by atoms with E-state index in [4.69, 9.17) is 4.98 Å². The molecule has 0 radical (unpaired) electrons. The van der Waals surface area contributed by atoms with Crippen molar-refractivity contribution in [2.75, 3.05) is 44.7 Å². The van der Waals surface area contributed by atoms with Crippen LogP contribution in [0.25, 0.3) is 0 Å². The number of halogens is 1. The lowest BCUT2D eigenvalue weighted by molar-refractivity contribution is 0.460. The van der Waals surface area contributed by atoms with Gasteiger partial charge in [0, 0.05) is 64.8 Å². The van der Waals surface area contributed by atoms with Gasteiger partial charge >= 0.3 is 0 Å². The summed E-state index contributed by atoms with van der Waals surface area (Å²) in [5.74, 6) is 1.69. The third-order valence-corrected chi connectivity index (χ3v) is 6.61. The maximum absolute atomic E-state index is 4.82. The van der Waals surface area contributed by atoms with Gasteiger partial charge in [0.05, 0.1) is 11.9 Å². The van der Waals surface area contributed by atoms with Crippen molar-refractivity contribution in [1.82, 2.24) is 25.0 Å². The number of aromatic nitrogens is 3. The van der Waals surface area contributed by atoms with Crippen LogP contribution in [-0.4, -0.2) is 65.4 Å². The smallest absolute Gasteiger partial charge is 0.193 e. The zero-order chi connectivity index (χ0) is 19.3. The van der Waals surface area contributed by atoms with E-state index in [1.165, 1.54) is 35.7 Å². The second-order valence-corrected chi connectivity index (χ2v) is 8.70. The SMILES string of the molecule is CN=C(NCCc1csc(N2CCCC2)n1)N1CCC(Cc2cnn(C)c2)C1.I. The zero-order valence-electron chi connectivity index (χ0n) is 17.4. The molecule has 0 spiro atoms. The van der Waals surface area contributed by atoms with Gasteiger partial charge in [-0.1, -0.05) is 0 Å². The molecule has 2 aromatic rings. The van der Waals surface area contributed by atoms with Crippen molar-refractivity contribution in [3.05, 3.63) is 29.0 Å². The van der Waals surface area contributed by atoms with Gasteiger partial charge in [0.1, 0.15) is 0 Å². The highest BCUT2D eigenvalue weighted by atomic mass is 127. The van der Waals surface area contributed by atoms with Gasteiger partial charge in [0.15, 0.2) is 11.1 Å². The Morgan fingerprint density at radius 3 is 2.86 bits per heavy atom. The Morgan fingerprint density at radius 2 is 2.14 bits per heavy atom. The highest BCUT2D eigenvalue weighted by Gasteiger charge is 2.25. The van der Waals surface area contributed by atoms with Crippen LogP contribution in [0.15, 0.2) is 22.8 Å². The predicted octanol–water partition coefficient (Wildman–Crippen LogP) is 2.78. The van der Waals surface area contributed by atoms with Gasteiger partial charge in [0.2, 0.25) is 0 Å². The summed E-state index contributed by atoms with van der Waals surface area (Å²) in [6.45, 7) is 5.32. The molecular formula is C20H32IN7S. The second-order valence-electron chi connectivity index (χ2n) is 7.87. The molecule has 0 saturated carbocycles. The van der Waals surface area contributed by atoms with E-state index in [0.29, 0.717) is 5.92 Å². The van der Waals surface area contributed by atoms with E-state index in [2.05, 4.69) is 36.8 Å². The van der Waals surface area contributed by atoms with Crippen LogP contribution < -0.4 is 10.2 Å². The van der Waals surface area contributed by atoms with Crippen molar-refractivity contribution in [2.24, 2.45) is 18.0 Å². The first-order valence-electron chi connectivity index (χ1n) is 10.3. The Kier molecular flexibility index (Phi) is 8.16. The van der Waals surface area contributed by atoms with Crippen molar-refractivity contribution >= 4 is 46.4 Å². The minimum absolute atomic E-state index is 0. The number of guanidine groups is 1. The molecule has 29 heavy (non-hydrogen) atoms. The van der Waals surface area contributed by atoms with Gasteiger partial charge in [0.25, 0.3) is 0 Å². The lowest BCUT2D eigenvalue weighted by atomic mass is 10.0. The summed E-state index contributed by atoms with van der Waals surface area (Å²) in [5.41, 5.74) is 2.51. The highest BCUT2D eigenvalue weighted by Crippen LogP contribution is 2.24. The van der Waals surface area contributed by atoms with Crippen molar-refractivity contribution in [1.29, 1.82) is 0 Å². The first-order valence-corrected chi connectivity index (χ1v) is 11.2. The largest absolute Gasteiger partial charge is 0.356 e. The number of thiazole rings is 1. The molecule has 7 nitrogen and oxygen atoms in total. The van der Waals surface area contributed by atoms with E-state index in [1.807, 2.05) is 25.0 Å². The molecule has 160 valence electrons. The maximum Gasteiger partial charge on any atom is 0.193 e. The van der Waals surface area contributed by atoms with E-state index >= 15 is 0 Å². The fourth-order valence-electron chi connectivity index (χ4n) is 4.20. The summed E-state index contributed by atoms with van der Waals surface area (Å²) in [7, 11) is 3.86. The van der Waals surface area contributed by atoms with Gasteiger partial charge in [-0.2, -0.15) is 5.10 Å². The molecule has 1 unspecified atom stereocenters. The summed E-state index contributed by atoms with van der Waals surface area (Å²) in [6, 6.07) is 0. The standard InChI is InChI=1S/C20H31N7S.HI/c1-21-19(27-10-6-16(14-27)11-17-12-23-25(2)13-17)22-7-5-18-15-28-20(24-18)26-8-3-4-9-26;/h12-13,15-16H,3-11,14H2,1-2H3,(H,21,22);1H. The Bertz CT molecular complexity index is 796. The fraction of sp³-hybridized carbons (Fsp3) is 0.650. The zero-order valence-corrected chi connectivity index (χ0v) is 20.5. The minimum Gasteiger partial charge on any atom is -0.356 e. The predicted molar refractivity (Wildman–Crippen MR) is 131 cm³/mol. The summed E-state index contributed by atoms with van der Waals surface area (Å²) < 4.78 is 1.89. The molecule has 9 heteroatoms. The second kappa shape index (κ2) is 10.6. The average Bonchev–Trinajstić information content (AvgIpc) is 3.47. The van der Waals surface area contributed by atoms with E-state index in [9.17, 15) is 0 Å². The number of hydrogen-bond donors (Lipinski definition) is 1. The van der Waals surface area contributed by atoms with Crippen LogP contribution in [0.5, 0.6) is 0 Å². The van der Waals surface area contributed by atoms with Gasteiger partial charge in [-0.15, -0.1) is 35.3 Å². The van der Waals surface area contributed by atoms with E-state index in [0.717, 1.165) is 51.5 Å². The molecule has 2 aliphatic heterocycles. The quantitative estimate of drug-likeness (QED) is 0.355. The Hall–Kier alpha value is -1.36. The molecule has 2 aliphatic rings. The van der Waals surface area contributed by atoms with E-state index in [1.54, 1.807) is 11.3 Å². The lowest BCUT2D eigenvalue weighted by Crippen LogP contribution is -2.41. The van der Waals surface area contributed by atoms with Crippen LogP contribution in [0, 0.1) is 5.92 Å². The molecule has 4 rings (SSSR count). The number of hydrogen-bond acceptors (Lipinski definition) is 5. The number of aryl methyl sites for hydroxylation is 1. The van der Waals surface area contributed by atoms with E-state index in [-0.39, 0.29) is 24.0 Å². The number of aliphatic imine (C=N–C) groups is 1. The van der Waals surface area contributed by atoms with Crippen molar-refractivity contribution in [3.8, 4) is 0 Å². The first kappa shape index (κ1) is 22.3. The van der Waals surface area contributed by atoms with Gasteiger partial charge < -0.3 is 15.1 Å². The molecular weight excluding hydrogens is 497 g/mol. The molecule has 2 aromatic heterocycles. The fourth-order valence-corrected chi connectivity index (χ4v) is 5.12. The monoisotopic (exact) mass is 529 g/mol. The van der Waals surface area contributed by atoms with Crippen LogP contribution in [0.3, 0.4) is 0 Å². The third kappa shape index (κ3) is 5.84. The summed E-state index contributed by atoms with van der Waals surface area (Å²) in [4.78, 5) is 14.1. The Labute approximate surface area is 194 Å². The van der Waals surface area contributed by atoms with Crippen LogP contribution in [0.4, 0.5) is 5.13 Å². The van der Waals surface area contributed by atoms with Crippen LogP contribution in [-0.2, 0) is 19.9 Å².